The van der Waals surface area contributed by atoms with Crippen LogP contribution in [0.2, 0.25) is 5.02 Å². The van der Waals surface area contributed by atoms with Crippen LogP contribution in [0.3, 0.4) is 0 Å². The monoisotopic (exact) mass is 271 g/mol. The third-order valence-electron chi connectivity index (χ3n) is 3.03. The van der Waals surface area contributed by atoms with Crippen molar-refractivity contribution in [1.82, 2.24) is 0 Å². The van der Waals surface area contributed by atoms with Crippen LogP contribution in [-0.4, -0.2) is 26.9 Å². The second kappa shape index (κ2) is 5.67. The van der Waals surface area contributed by atoms with Gasteiger partial charge in [0.15, 0.2) is 11.5 Å². The van der Waals surface area contributed by atoms with Gasteiger partial charge >= 0.3 is 0 Å². The van der Waals surface area contributed by atoms with Crippen molar-refractivity contribution in [1.29, 1.82) is 0 Å². The van der Waals surface area contributed by atoms with Crippen molar-refractivity contribution in [3.63, 3.8) is 0 Å². The zero-order valence-corrected chi connectivity index (χ0v) is 11.4. The smallest absolute Gasteiger partial charge is 0.168 e. The Bertz CT molecular complexity index is 437. The van der Waals surface area contributed by atoms with Gasteiger partial charge in [-0.1, -0.05) is 18.5 Å². The molecule has 1 aromatic rings. The molecule has 1 aromatic carbocycles. The molecule has 0 bridgehead atoms. The van der Waals surface area contributed by atoms with Crippen molar-refractivity contribution in [2.45, 2.75) is 19.3 Å². The van der Waals surface area contributed by atoms with Crippen molar-refractivity contribution in [2.75, 3.05) is 26.9 Å². The molecule has 1 aliphatic heterocycles. The van der Waals surface area contributed by atoms with Gasteiger partial charge in [-0.3, -0.25) is 0 Å². The Morgan fingerprint density at radius 3 is 2.83 bits per heavy atom. The maximum atomic E-state index is 6.22. The molecule has 0 radical (unpaired) electrons. The lowest BCUT2D eigenvalue weighted by molar-refractivity contribution is 0.295. The number of benzene rings is 1. The normalized spacial score (nSPS) is 16.0. The molecule has 100 valence electrons. The van der Waals surface area contributed by atoms with Crippen molar-refractivity contribution < 1.29 is 14.2 Å². The molecule has 0 spiro atoms. The van der Waals surface area contributed by atoms with E-state index >= 15 is 0 Å². The fraction of sp³-hybridized carbons (Fsp3) is 0.538. The first-order valence-electron chi connectivity index (χ1n) is 6.05. The number of hydrogen-bond donors (Lipinski definition) is 1. The Balaban J connectivity index is 2.60. The van der Waals surface area contributed by atoms with Crippen LogP contribution in [-0.2, 0) is 0 Å². The molecule has 0 aliphatic carbocycles. The van der Waals surface area contributed by atoms with Gasteiger partial charge in [-0.2, -0.15) is 0 Å². The summed E-state index contributed by atoms with van der Waals surface area (Å²) in [7, 11) is 1.60. The van der Waals surface area contributed by atoms with Gasteiger partial charge in [0.05, 0.1) is 25.3 Å². The standard InChI is InChI=1S/C13H18ClNO3/c1-8(7-15)11-12(16-2)9(14)6-10-13(11)18-5-3-4-17-10/h6,8H,3-5,7,15H2,1-2H3. The fourth-order valence-electron chi connectivity index (χ4n) is 2.05. The van der Waals surface area contributed by atoms with E-state index in [0.717, 1.165) is 12.0 Å². The quantitative estimate of drug-likeness (QED) is 0.918. The van der Waals surface area contributed by atoms with E-state index < -0.39 is 0 Å². The first-order valence-corrected chi connectivity index (χ1v) is 6.42. The number of hydrogen-bond acceptors (Lipinski definition) is 4. The van der Waals surface area contributed by atoms with E-state index in [9.17, 15) is 0 Å². The van der Waals surface area contributed by atoms with Gasteiger partial charge in [0.1, 0.15) is 5.75 Å². The number of ether oxygens (including phenoxy) is 3. The molecule has 0 saturated heterocycles. The topological polar surface area (TPSA) is 53.7 Å². The largest absolute Gasteiger partial charge is 0.495 e. The van der Waals surface area contributed by atoms with Crippen molar-refractivity contribution >= 4 is 11.6 Å². The van der Waals surface area contributed by atoms with Crippen LogP contribution < -0.4 is 19.9 Å². The highest BCUT2D eigenvalue weighted by molar-refractivity contribution is 6.32. The molecule has 18 heavy (non-hydrogen) atoms. The van der Waals surface area contributed by atoms with Gasteiger partial charge in [0.2, 0.25) is 0 Å². The summed E-state index contributed by atoms with van der Waals surface area (Å²) in [5.41, 5.74) is 6.65. The molecule has 2 rings (SSSR count). The number of halogens is 1. The molecule has 1 unspecified atom stereocenters. The minimum Gasteiger partial charge on any atom is -0.495 e. The zero-order valence-electron chi connectivity index (χ0n) is 10.7. The Hall–Kier alpha value is -1.13. The van der Waals surface area contributed by atoms with Gasteiger partial charge in [0, 0.05) is 24.0 Å². The lowest BCUT2D eigenvalue weighted by atomic mass is 9.98. The second-order valence-electron chi connectivity index (χ2n) is 4.32. The van der Waals surface area contributed by atoms with Gasteiger partial charge in [-0.15, -0.1) is 0 Å². The number of fused-ring (bicyclic) bond motifs is 1. The molecule has 0 amide bonds. The van der Waals surface area contributed by atoms with E-state index in [1.807, 2.05) is 6.92 Å². The summed E-state index contributed by atoms with van der Waals surface area (Å²) in [6, 6.07) is 1.74. The lowest BCUT2D eigenvalue weighted by Gasteiger charge is -2.20. The molecule has 1 aliphatic rings. The van der Waals surface area contributed by atoms with Crippen LogP contribution in [0.15, 0.2) is 6.07 Å². The predicted octanol–water partition coefficient (Wildman–Crippen LogP) is 2.57. The maximum absolute atomic E-state index is 6.22. The first-order chi connectivity index (χ1) is 8.69. The molecular weight excluding hydrogens is 254 g/mol. The Morgan fingerprint density at radius 2 is 2.17 bits per heavy atom. The molecule has 4 nitrogen and oxygen atoms in total. The molecule has 2 N–H and O–H groups in total. The molecule has 0 aromatic heterocycles. The Morgan fingerprint density at radius 1 is 1.44 bits per heavy atom. The van der Waals surface area contributed by atoms with Crippen molar-refractivity contribution in [2.24, 2.45) is 5.73 Å². The zero-order chi connectivity index (χ0) is 13.1. The summed E-state index contributed by atoms with van der Waals surface area (Å²) in [5.74, 6) is 2.10. The number of methoxy groups -OCH3 is 1. The third kappa shape index (κ3) is 2.35. The molecule has 1 atom stereocenters. The van der Waals surface area contributed by atoms with E-state index in [1.54, 1.807) is 13.2 Å². The van der Waals surface area contributed by atoms with Crippen LogP contribution in [0.1, 0.15) is 24.8 Å². The minimum atomic E-state index is 0.0918. The van der Waals surface area contributed by atoms with Crippen LogP contribution in [0.5, 0.6) is 17.2 Å². The van der Waals surface area contributed by atoms with E-state index in [-0.39, 0.29) is 5.92 Å². The van der Waals surface area contributed by atoms with Gasteiger partial charge in [-0.05, 0) is 6.54 Å². The number of nitrogens with two attached hydrogens (primary N) is 1. The summed E-state index contributed by atoms with van der Waals surface area (Å²) in [5, 5.41) is 0.525. The van der Waals surface area contributed by atoms with Crippen molar-refractivity contribution in [3.8, 4) is 17.2 Å². The SMILES string of the molecule is COc1c(Cl)cc2c(c1C(C)CN)OCCCO2. The molecule has 0 saturated carbocycles. The summed E-state index contributed by atoms with van der Waals surface area (Å²) in [6.45, 7) is 3.77. The van der Waals surface area contributed by atoms with Gasteiger partial charge < -0.3 is 19.9 Å². The van der Waals surface area contributed by atoms with Crippen LogP contribution in [0, 0.1) is 0 Å². The highest BCUT2D eigenvalue weighted by Crippen LogP contribution is 2.46. The summed E-state index contributed by atoms with van der Waals surface area (Å²) < 4.78 is 16.8. The van der Waals surface area contributed by atoms with Gasteiger partial charge in [-0.25, -0.2) is 0 Å². The highest BCUT2D eigenvalue weighted by atomic mass is 35.5. The van der Waals surface area contributed by atoms with E-state index in [1.165, 1.54) is 0 Å². The van der Waals surface area contributed by atoms with Crippen LogP contribution in [0.25, 0.3) is 0 Å². The van der Waals surface area contributed by atoms with Crippen molar-refractivity contribution in [3.05, 3.63) is 16.7 Å². The average molecular weight is 272 g/mol. The number of rotatable bonds is 3. The molecular formula is C13H18ClNO3. The Kier molecular flexibility index (Phi) is 4.19. The summed E-state index contributed by atoms with van der Waals surface area (Å²) >= 11 is 6.22. The van der Waals surface area contributed by atoms with Crippen LogP contribution >= 0.6 is 11.6 Å². The van der Waals surface area contributed by atoms with E-state index in [2.05, 4.69) is 0 Å². The minimum absolute atomic E-state index is 0.0918. The van der Waals surface area contributed by atoms with Crippen LogP contribution in [0.4, 0.5) is 0 Å². The molecule has 5 heteroatoms. The lowest BCUT2D eigenvalue weighted by Crippen LogP contribution is -2.12. The van der Waals surface area contributed by atoms with E-state index in [0.29, 0.717) is 42.0 Å². The second-order valence-corrected chi connectivity index (χ2v) is 4.73. The maximum Gasteiger partial charge on any atom is 0.168 e. The average Bonchev–Trinajstić information content (AvgIpc) is 2.61. The highest BCUT2D eigenvalue weighted by Gasteiger charge is 2.25. The van der Waals surface area contributed by atoms with Gasteiger partial charge in [0.25, 0.3) is 0 Å². The summed E-state index contributed by atoms with van der Waals surface area (Å²) in [6.07, 6.45) is 0.852. The van der Waals surface area contributed by atoms with E-state index in [4.69, 9.17) is 31.5 Å². The summed E-state index contributed by atoms with van der Waals surface area (Å²) in [4.78, 5) is 0. The fourth-order valence-corrected chi connectivity index (χ4v) is 2.33. The first kappa shape index (κ1) is 13.3. The third-order valence-corrected chi connectivity index (χ3v) is 3.31. The molecule has 1 heterocycles. The molecule has 0 fully saturated rings. The predicted molar refractivity (Wildman–Crippen MR) is 71.1 cm³/mol. The Labute approximate surface area is 112 Å².